The van der Waals surface area contributed by atoms with E-state index in [-0.39, 0.29) is 29.0 Å². The topological polar surface area (TPSA) is 136 Å². The standard InChI is InChI=1S/C24H31N5O5S/c1-24(2,3)34-23(31)28-12-10-19(11-13-28)29(18-6-7-18)22(30)17-14-26-21(27-15-17)16-4-8-20(9-5-16)35(25,32)33/h4-5,8-9,14-15,18-19H,6-7,10-13H2,1-3H3,(H2,25,32,33). The van der Waals surface area contributed by atoms with Crippen molar-refractivity contribution in [2.45, 2.75) is 69.0 Å². The van der Waals surface area contributed by atoms with Crippen molar-refractivity contribution < 1.29 is 22.7 Å². The van der Waals surface area contributed by atoms with Crippen molar-refractivity contribution >= 4 is 22.0 Å². The van der Waals surface area contributed by atoms with Gasteiger partial charge in [-0.2, -0.15) is 0 Å². The molecule has 0 unspecified atom stereocenters. The third-order valence-electron chi connectivity index (χ3n) is 6.02. The number of ether oxygens (including phenoxy) is 1. The van der Waals surface area contributed by atoms with Gasteiger partial charge in [0.15, 0.2) is 5.82 Å². The van der Waals surface area contributed by atoms with Gasteiger partial charge in [-0.15, -0.1) is 0 Å². The van der Waals surface area contributed by atoms with E-state index in [2.05, 4.69) is 9.97 Å². The first-order valence-corrected chi connectivity index (χ1v) is 13.2. The maximum atomic E-state index is 13.4. The minimum Gasteiger partial charge on any atom is -0.444 e. The second kappa shape index (κ2) is 9.54. The largest absolute Gasteiger partial charge is 0.444 e. The summed E-state index contributed by atoms with van der Waals surface area (Å²) in [6.45, 7) is 6.62. The van der Waals surface area contributed by atoms with E-state index in [0.29, 0.717) is 42.9 Å². The van der Waals surface area contributed by atoms with E-state index in [0.717, 1.165) is 12.8 Å². The van der Waals surface area contributed by atoms with Crippen molar-refractivity contribution in [3.05, 3.63) is 42.2 Å². The predicted octanol–water partition coefficient (Wildman–Crippen LogP) is 2.80. The number of nitrogens with two attached hydrogens (primary N) is 1. The average Bonchev–Trinajstić information content (AvgIpc) is 3.63. The molecule has 2 amide bonds. The number of amides is 2. The fourth-order valence-electron chi connectivity index (χ4n) is 4.17. The lowest BCUT2D eigenvalue weighted by atomic mass is 10.0. The lowest BCUT2D eigenvalue weighted by molar-refractivity contribution is 0.0142. The Balaban J connectivity index is 1.42. The highest BCUT2D eigenvalue weighted by atomic mass is 32.2. The number of hydrogen-bond acceptors (Lipinski definition) is 7. The fourth-order valence-corrected chi connectivity index (χ4v) is 4.68. The number of carbonyl (C=O) groups is 2. The summed E-state index contributed by atoms with van der Waals surface area (Å²) >= 11 is 0. The monoisotopic (exact) mass is 501 g/mol. The molecule has 2 N–H and O–H groups in total. The molecule has 0 bridgehead atoms. The van der Waals surface area contributed by atoms with Crippen LogP contribution in [-0.2, 0) is 14.8 Å². The number of benzene rings is 1. The van der Waals surface area contributed by atoms with Gasteiger partial charge in [0.25, 0.3) is 5.91 Å². The highest BCUT2D eigenvalue weighted by Crippen LogP contribution is 2.33. The normalized spacial score (nSPS) is 17.2. The predicted molar refractivity (Wildman–Crippen MR) is 129 cm³/mol. The fraction of sp³-hybridized carbons (Fsp3) is 0.500. The third kappa shape index (κ3) is 6.15. The second-order valence-corrected chi connectivity index (χ2v) is 11.6. The van der Waals surface area contributed by atoms with Crippen molar-refractivity contribution in [1.82, 2.24) is 19.8 Å². The minimum atomic E-state index is -3.78. The molecule has 11 heteroatoms. The maximum Gasteiger partial charge on any atom is 0.410 e. The molecule has 1 aromatic heterocycles. The van der Waals surface area contributed by atoms with Crippen molar-refractivity contribution in [1.29, 1.82) is 0 Å². The molecule has 2 fully saturated rings. The number of primary sulfonamides is 1. The Labute approximate surface area is 205 Å². The van der Waals surface area contributed by atoms with Gasteiger partial charge in [-0.1, -0.05) is 0 Å². The first-order chi connectivity index (χ1) is 16.4. The number of rotatable bonds is 5. The quantitative estimate of drug-likeness (QED) is 0.665. The van der Waals surface area contributed by atoms with Gasteiger partial charge in [-0.25, -0.2) is 28.3 Å². The van der Waals surface area contributed by atoms with Gasteiger partial charge in [0.1, 0.15) is 5.60 Å². The molecule has 2 aliphatic rings. The molecule has 0 spiro atoms. The van der Waals surface area contributed by atoms with E-state index in [1.54, 1.807) is 17.0 Å². The van der Waals surface area contributed by atoms with Crippen LogP contribution in [0.25, 0.3) is 11.4 Å². The molecule has 4 rings (SSSR count). The summed E-state index contributed by atoms with van der Waals surface area (Å²) in [6.07, 6.45) is 6.00. The first kappa shape index (κ1) is 25.1. The van der Waals surface area contributed by atoms with E-state index in [4.69, 9.17) is 9.88 Å². The van der Waals surface area contributed by atoms with Crippen molar-refractivity contribution in [2.75, 3.05) is 13.1 Å². The van der Waals surface area contributed by atoms with Crippen LogP contribution < -0.4 is 5.14 Å². The summed E-state index contributed by atoms with van der Waals surface area (Å²) in [5.74, 6) is 0.269. The zero-order valence-electron chi connectivity index (χ0n) is 20.2. The third-order valence-corrected chi connectivity index (χ3v) is 6.95. The smallest absolute Gasteiger partial charge is 0.410 e. The number of nitrogens with zero attached hydrogens (tertiary/aromatic N) is 4. The highest BCUT2D eigenvalue weighted by molar-refractivity contribution is 7.89. The lowest BCUT2D eigenvalue weighted by Crippen LogP contribution is -2.50. The number of aromatic nitrogens is 2. The van der Waals surface area contributed by atoms with E-state index in [1.807, 2.05) is 25.7 Å². The molecule has 35 heavy (non-hydrogen) atoms. The Hall–Kier alpha value is -3.05. The molecular weight excluding hydrogens is 470 g/mol. The molecule has 1 aliphatic carbocycles. The van der Waals surface area contributed by atoms with Gasteiger partial charge in [0, 0.05) is 43.1 Å². The number of piperidine rings is 1. The number of likely N-dealkylation sites (tertiary alicyclic amines) is 1. The van der Waals surface area contributed by atoms with Gasteiger partial charge in [-0.05, 0) is 70.7 Å². The van der Waals surface area contributed by atoms with E-state index >= 15 is 0 Å². The second-order valence-electron chi connectivity index (χ2n) is 10.0. The van der Waals surface area contributed by atoms with Crippen LogP contribution in [0.15, 0.2) is 41.6 Å². The first-order valence-electron chi connectivity index (χ1n) is 11.7. The van der Waals surface area contributed by atoms with E-state index in [9.17, 15) is 18.0 Å². The Morgan fingerprint density at radius 3 is 2.03 bits per heavy atom. The van der Waals surface area contributed by atoms with Crippen molar-refractivity contribution in [3.63, 3.8) is 0 Å². The minimum absolute atomic E-state index is 0.00541. The van der Waals surface area contributed by atoms with Crippen LogP contribution in [0.2, 0.25) is 0 Å². The van der Waals surface area contributed by atoms with Crippen LogP contribution in [0.5, 0.6) is 0 Å². The molecular formula is C24H31N5O5S. The molecule has 1 saturated heterocycles. The number of sulfonamides is 1. The van der Waals surface area contributed by atoms with Crippen LogP contribution in [0, 0.1) is 0 Å². The van der Waals surface area contributed by atoms with Crippen LogP contribution in [-0.4, -0.2) is 71.0 Å². The molecule has 0 atom stereocenters. The van der Waals surface area contributed by atoms with Crippen molar-refractivity contribution in [3.8, 4) is 11.4 Å². The van der Waals surface area contributed by atoms with Gasteiger partial charge < -0.3 is 14.5 Å². The van der Waals surface area contributed by atoms with E-state index < -0.39 is 15.6 Å². The number of hydrogen-bond donors (Lipinski definition) is 1. The summed E-state index contributed by atoms with van der Waals surface area (Å²) < 4.78 is 28.4. The Morgan fingerprint density at radius 1 is 1.00 bits per heavy atom. The molecule has 2 heterocycles. The summed E-state index contributed by atoms with van der Waals surface area (Å²) in [5, 5.41) is 5.14. The lowest BCUT2D eigenvalue weighted by Gasteiger charge is -2.39. The highest BCUT2D eigenvalue weighted by Gasteiger charge is 2.40. The van der Waals surface area contributed by atoms with E-state index in [1.165, 1.54) is 24.5 Å². The Kier molecular flexibility index (Phi) is 6.83. The van der Waals surface area contributed by atoms with Crippen LogP contribution in [0.1, 0.15) is 56.8 Å². The number of carbonyl (C=O) groups excluding carboxylic acids is 2. The molecule has 2 aromatic rings. The molecule has 188 valence electrons. The Morgan fingerprint density at radius 2 is 1.54 bits per heavy atom. The zero-order valence-corrected chi connectivity index (χ0v) is 21.0. The van der Waals surface area contributed by atoms with Gasteiger partial charge in [-0.3, -0.25) is 4.79 Å². The summed E-state index contributed by atoms with van der Waals surface area (Å²) in [5.41, 5.74) is 0.474. The average molecular weight is 502 g/mol. The zero-order chi connectivity index (χ0) is 25.4. The Bertz CT molecular complexity index is 1180. The molecule has 0 radical (unpaired) electrons. The van der Waals surface area contributed by atoms with Crippen LogP contribution in [0.3, 0.4) is 0 Å². The molecule has 10 nitrogen and oxygen atoms in total. The summed E-state index contributed by atoms with van der Waals surface area (Å²) in [4.78, 5) is 38.1. The molecule has 1 saturated carbocycles. The van der Waals surface area contributed by atoms with Crippen LogP contribution in [0.4, 0.5) is 4.79 Å². The summed E-state index contributed by atoms with van der Waals surface area (Å²) in [7, 11) is -3.78. The van der Waals surface area contributed by atoms with Gasteiger partial charge in [0.2, 0.25) is 10.0 Å². The molecule has 1 aromatic carbocycles. The SMILES string of the molecule is CC(C)(C)OC(=O)N1CCC(N(C(=O)c2cnc(-c3ccc(S(N)(=O)=O)cc3)nc2)C2CC2)CC1. The maximum absolute atomic E-state index is 13.4. The van der Waals surface area contributed by atoms with Gasteiger partial charge >= 0.3 is 6.09 Å². The van der Waals surface area contributed by atoms with Crippen molar-refractivity contribution in [2.24, 2.45) is 5.14 Å². The van der Waals surface area contributed by atoms with Crippen LogP contribution >= 0.6 is 0 Å². The van der Waals surface area contributed by atoms with Gasteiger partial charge in [0.05, 0.1) is 10.5 Å². The molecule has 1 aliphatic heterocycles. The summed E-state index contributed by atoms with van der Waals surface area (Å²) in [6, 6.07) is 6.18.